The molecule has 1 aliphatic rings. The zero-order valence-electron chi connectivity index (χ0n) is 13.6. The highest BCUT2D eigenvalue weighted by atomic mass is 16.5. The number of hydrogen-bond donors (Lipinski definition) is 2. The SMILES string of the molecule is CCNC(=O)c1nn(Cc2cccc(OC)c2)c2c1CNCC2. The molecule has 1 aromatic heterocycles. The van der Waals surface area contributed by atoms with Crippen molar-refractivity contribution in [3.63, 3.8) is 0 Å². The van der Waals surface area contributed by atoms with Crippen LogP contribution in [0.2, 0.25) is 0 Å². The highest BCUT2D eigenvalue weighted by Crippen LogP contribution is 2.21. The lowest BCUT2D eigenvalue weighted by Crippen LogP contribution is -2.28. The molecule has 0 bridgehead atoms. The van der Waals surface area contributed by atoms with Crippen molar-refractivity contribution in [3.05, 3.63) is 46.8 Å². The van der Waals surface area contributed by atoms with Crippen molar-refractivity contribution in [2.75, 3.05) is 20.2 Å². The number of fused-ring (bicyclic) bond motifs is 1. The number of methoxy groups -OCH3 is 1. The van der Waals surface area contributed by atoms with E-state index in [0.717, 1.165) is 35.5 Å². The zero-order valence-corrected chi connectivity index (χ0v) is 13.6. The van der Waals surface area contributed by atoms with Gasteiger partial charge in [-0.05, 0) is 24.6 Å². The van der Waals surface area contributed by atoms with Crippen LogP contribution in [0, 0.1) is 0 Å². The molecule has 2 N–H and O–H groups in total. The second-order valence-electron chi connectivity index (χ2n) is 5.57. The lowest BCUT2D eigenvalue weighted by atomic mass is 10.1. The quantitative estimate of drug-likeness (QED) is 0.874. The van der Waals surface area contributed by atoms with E-state index in [1.165, 1.54) is 0 Å². The third kappa shape index (κ3) is 3.22. The van der Waals surface area contributed by atoms with Crippen LogP contribution >= 0.6 is 0 Å². The third-order valence-corrected chi connectivity index (χ3v) is 4.03. The molecule has 6 nitrogen and oxygen atoms in total. The van der Waals surface area contributed by atoms with Crippen LogP contribution in [0.1, 0.15) is 34.2 Å². The van der Waals surface area contributed by atoms with Crippen LogP contribution in [0.4, 0.5) is 0 Å². The minimum absolute atomic E-state index is 0.100. The summed E-state index contributed by atoms with van der Waals surface area (Å²) in [7, 11) is 1.66. The molecule has 6 heteroatoms. The minimum atomic E-state index is -0.100. The lowest BCUT2D eigenvalue weighted by Gasteiger charge is -2.15. The number of amides is 1. The van der Waals surface area contributed by atoms with Crippen molar-refractivity contribution >= 4 is 5.91 Å². The van der Waals surface area contributed by atoms with Crippen LogP contribution in [0.5, 0.6) is 5.75 Å². The van der Waals surface area contributed by atoms with Crippen LogP contribution in [-0.2, 0) is 19.5 Å². The van der Waals surface area contributed by atoms with Crippen LogP contribution in [0.15, 0.2) is 24.3 Å². The number of carbonyl (C=O) groups excluding carboxylic acids is 1. The Balaban J connectivity index is 1.93. The highest BCUT2D eigenvalue weighted by Gasteiger charge is 2.24. The predicted molar refractivity (Wildman–Crippen MR) is 87.7 cm³/mol. The smallest absolute Gasteiger partial charge is 0.272 e. The number of carbonyl (C=O) groups is 1. The van der Waals surface area contributed by atoms with Gasteiger partial charge in [-0.1, -0.05) is 12.1 Å². The summed E-state index contributed by atoms with van der Waals surface area (Å²) < 4.78 is 7.23. The lowest BCUT2D eigenvalue weighted by molar-refractivity contribution is 0.0949. The Labute approximate surface area is 135 Å². The monoisotopic (exact) mass is 314 g/mol. The molecule has 0 saturated carbocycles. The molecular weight excluding hydrogens is 292 g/mol. The van der Waals surface area contributed by atoms with E-state index in [0.29, 0.717) is 25.3 Å². The highest BCUT2D eigenvalue weighted by molar-refractivity contribution is 5.94. The van der Waals surface area contributed by atoms with Gasteiger partial charge in [0, 0.05) is 37.3 Å². The Kier molecular flexibility index (Phi) is 4.62. The summed E-state index contributed by atoms with van der Waals surface area (Å²) in [5.41, 5.74) is 3.81. The second kappa shape index (κ2) is 6.83. The Morgan fingerprint density at radius 3 is 3.13 bits per heavy atom. The summed E-state index contributed by atoms with van der Waals surface area (Å²) >= 11 is 0. The average molecular weight is 314 g/mol. The summed E-state index contributed by atoms with van der Waals surface area (Å²) in [6, 6.07) is 7.94. The molecule has 1 aromatic carbocycles. The molecule has 3 rings (SSSR count). The van der Waals surface area contributed by atoms with Crippen LogP contribution < -0.4 is 15.4 Å². The summed E-state index contributed by atoms with van der Waals surface area (Å²) in [5, 5.41) is 10.8. The number of rotatable bonds is 5. The van der Waals surface area contributed by atoms with Crippen LogP contribution in [0.3, 0.4) is 0 Å². The molecule has 23 heavy (non-hydrogen) atoms. The van der Waals surface area contributed by atoms with Gasteiger partial charge in [0.25, 0.3) is 5.91 Å². The van der Waals surface area contributed by atoms with E-state index in [2.05, 4.69) is 15.7 Å². The van der Waals surface area contributed by atoms with Gasteiger partial charge < -0.3 is 15.4 Å². The fraction of sp³-hybridized carbons (Fsp3) is 0.412. The van der Waals surface area contributed by atoms with Gasteiger partial charge in [-0.15, -0.1) is 0 Å². The number of ether oxygens (including phenoxy) is 1. The Morgan fingerprint density at radius 1 is 1.48 bits per heavy atom. The first-order chi connectivity index (χ1) is 11.2. The molecular formula is C17H22N4O2. The first-order valence-electron chi connectivity index (χ1n) is 7.93. The Bertz CT molecular complexity index is 709. The molecule has 0 aliphatic carbocycles. The molecule has 2 heterocycles. The van der Waals surface area contributed by atoms with E-state index >= 15 is 0 Å². The van der Waals surface area contributed by atoms with E-state index in [1.54, 1.807) is 7.11 Å². The topological polar surface area (TPSA) is 68.2 Å². The van der Waals surface area contributed by atoms with Crippen molar-refractivity contribution < 1.29 is 9.53 Å². The molecule has 0 saturated heterocycles. The molecule has 0 radical (unpaired) electrons. The summed E-state index contributed by atoms with van der Waals surface area (Å²) in [5.74, 6) is 0.728. The minimum Gasteiger partial charge on any atom is -0.497 e. The maximum atomic E-state index is 12.2. The predicted octanol–water partition coefficient (Wildman–Crippen LogP) is 1.34. The molecule has 1 amide bonds. The van der Waals surface area contributed by atoms with Crippen molar-refractivity contribution in [2.24, 2.45) is 0 Å². The van der Waals surface area contributed by atoms with E-state index < -0.39 is 0 Å². The van der Waals surface area contributed by atoms with Gasteiger partial charge in [0.15, 0.2) is 5.69 Å². The number of aromatic nitrogens is 2. The first-order valence-corrected chi connectivity index (χ1v) is 7.93. The van der Waals surface area contributed by atoms with Gasteiger partial charge in [0.1, 0.15) is 5.75 Å². The first kappa shape index (κ1) is 15.6. The molecule has 0 spiro atoms. The van der Waals surface area contributed by atoms with E-state index in [4.69, 9.17) is 4.74 Å². The van der Waals surface area contributed by atoms with Gasteiger partial charge in [0.05, 0.1) is 13.7 Å². The van der Waals surface area contributed by atoms with Gasteiger partial charge in [-0.25, -0.2) is 0 Å². The van der Waals surface area contributed by atoms with Crippen molar-refractivity contribution in [1.82, 2.24) is 20.4 Å². The van der Waals surface area contributed by atoms with Gasteiger partial charge in [-0.3, -0.25) is 9.48 Å². The van der Waals surface area contributed by atoms with Crippen molar-refractivity contribution in [2.45, 2.75) is 26.4 Å². The number of benzene rings is 1. The molecule has 0 atom stereocenters. The average Bonchev–Trinajstić information content (AvgIpc) is 2.94. The van der Waals surface area contributed by atoms with Gasteiger partial charge >= 0.3 is 0 Å². The van der Waals surface area contributed by atoms with E-state index in [-0.39, 0.29) is 5.91 Å². The fourth-order valence-electron chi connectivity index (χ4n) is 2.92. The molecule has 2 aromatic rings. The fourth-order valence-corrected chi connectivity index (χ4v) is 2.92. The second-order valence-corrected chi connectivity index (χ2v) is 5.57. The van der Waals surface area contributed by atoms with Crippen molar-refractivity contribution in [3.8, 4) is 5.75 Å². The Morgan fingerprint density at radius 2 is 2.35 bits per heavy atom. The molecule has 0 unspecified atom stereocenters. The largest absolute Gasteiger partial charge is 0.497 e. The van der Waals surface area contributed by atoms with Gasteiger partial charge in [0.2, 0.25) is 0 Å². The standard InChI is InChI=1S/C17H22N4O2/c1-3-19-17(22)16-14-10-18-8-7-15(14)21(20-16)11-12-5-4-6-13(9-12)23-2/h4-6,9,18H,3,7-8,10-11H2,1-2H3,(H,19,22). The summed E-state index contributed by atoms with van der Waals surface area (Å²) in [6.07, 6.45) is 0.881. The number of nitrogens with one attached hydrogen (secondary N) is 2. The normalized spacial score (nSPS) is 13.5. The van der Waals surface area contributed by atoms with Crippen LogP contribution in [-0.4, -0.2) is 35.9 Å². The number of hydrogen-bond acceptors (Lipinski definition) is 4. The molecule has 1 aliphatic heterocycles. The molecule has 122 valence electrons. The van der Waals surface area contributed by atoms with Gasteiger partial charge in [-0.2, -0.15) is 5.10 Å². The summed E-state index contributed by atoms with van der Waals surface area (Å²) in [4.78, 5) is 12.2. The van der Waals surface area contributed by atoms with Crippen molar-refractivity contribution in [1.29, 1.82) is 0 Å². The van der Waals surface area contributed by atoms with E-state index in [1.807, 2.05) is 35.9 Å². The summed E-state index contributed by atoms with van der Waals surface area (Å²) in [6.45, 7) is 4.75. The maximum Gasteiger partial charge on any atom is 0.272 e. The maximum absolute atomic E-state index is 12.2. The zero-order chi connectivity index (χ0) is 16.2. The Hall–Kier alpha value is -2.34. The van der Waals surface area contributed by atoms with Crippen LogP contribution in [0.25, 0.3) is 0 Å². The van der Waals surface area contributed by atoms with E-state index in [9.17, 15) is 4.79 Å². The molecule has 0 fully saturated rings. The third-order valence-electron chi connectivity index (χ3n) is 4.03. The number of nitrogens with zero attached hydrogens (tertiary/aromatic N) is 2.